The van der Waals surface area contributed by atoms with Crippen LogP contribution < -0.4 is 4.74 Å². The predicted octanol–water partition coefficient (Wildman–Crippen LogP) is 4.87. The summed E-state index contributed by atoms with van der Waals surface area (Å²) in [5, 5.41) is 0.851. The number of halogens is 1. The van der Waals surface area contributed by atoms with Gasteiger partial charge in [0.1, 0.15) is 11.5 Å². The van der Waals surface area contributed by atoms with Crippen LogP contribution in [-0.4, -0.2) is 46.0 Å². The Morgan fingerprint density at radius 3 is 2.88 bits per heavy atom. The lowest BCUT2D eigenvalue weighted by Crippen LogP contribution is -2.35. The van der Waals surface area contributed by atoms with Gasteiger partial charge in [0.2, 0.25) is 5.88 Å². The van der Waals surface area contributed by atoms with Crippen molar-refractivity contribution in [1.82, 2.24) is 19.9 Å². The van der Waals surface area contributed by atoms with Crippen molar-refractivity contribution in [3.05, 3.63) is 78.1 Å². The van der Waals surface area contributed by atoms with Crippen molar-refractivity contribution in [1.29, 1.82) is 0 Å². The first kappa shape index (κ1) is 21.1. The van der Waals surface area contributed by atoms with Crippen LogP contribution >= 0.6 is 0 Å². The monoisotopic (exact) mass is 444 g/mol. The summed E-state index contributed by atoms with van der Waals surface area (Å²) in [5.74, 6) is 0.507. The topological polar surface area (TPSA) is 71.1 Å². The maximum absolute atomic E-state index is 13.8. The van der Waals surface area contributed by atoms with Gasteiger partial charge >= 0.3 is 0 Å². The number of pyridine rings is 2. The van der Waals surface area contributed by atoms with E-state index in [9.17, 15) is 9.18 Å². The fourth-order valence-electron chi connectivity index (χ4n) is 4.12. The molecule has 33 heavy (non-hydrogen) atoms. The lowest BCUT2D eigenvalue weighted by Gasteiger charge is -2.23. The van der Waals surface area contributed by atoms with Crippen molar-refractivity contribution >= 4 is 16.8 Å². The number of benzene rings is 1. The summed E-state index contributed by atoms with van der Waals surface area (Å²) < 4.78 is 19.1. The van der Waals surface area contributed by atoms with E-state index in [2.05, 4.69) is 15.0 Å². The quantitative estimate of drug-likeness (QED) is 0.421. The minimum atomic E-state index is -0.268. The smallest absolute Gasteiger partial charge is 0.273 e. The molecule has 6 nitrogen and oxygen atoms in total. The Bertz CT molecular complexity index is 1280. The van der Waals surface area contributed by atoms with Gasteiger partial charge in [-0.2, -0.15) is 0 Å². The van der Waals surface area contributed by atoms with Gasteiger partial charge in [-0.1, -0.05) is 6.07 Å². The van der Waals surface area contributed by atoms with Crippen LogP contribution in [0.1, 0.15) is 28.9 Å². The molecule has 1 aromatic carbocycles. The van der Waals surface area contributed by atoms with E-state index >= 15 is 0 Å². The number of rotatable bonds is 8. The number of nitrogens with zero attached hydrogens (tertiary/aromatic N) is 3. The van der Waals surface area contributed by atoms with Gasteiger partial charge in [-0.05, 0) is 61.1 Å². The van der Waals surface area contributed by atoms with Gasteiger partial charge in [-0.3, -0.25) is 9.78 Å². The molecule has 0 bridgehead atoms. The Hall–Kier alpha value is -3.74. The number of H-pyrrole nitrogens is 1. The summed E-state index contributed by atoms with van der Waals surface area (Å²) in [4.78, 5) is 27.6. The van der Waals surface area contributed by atoms with Crippen molar-refractivity contribution < 1.29 is 13.9 Å². The second-order valence-electron chi connectivity index (χ2n) is 8.44. The number of fused-ring (bicyclic) bond motifs is 1. The number of methoxy groups -OCH3 is 1. The SMILES string of the molecule is COc1ccc(-c2cccnc2)c(C(=O)N(CCc2c[nH]c3ccc(F)cc23)CC2CC2)n1. The minimum Gasteiger partial charge on any atom is -0.481 e. The van der Waals surface area contributed by atoms with Gasteiger partial charge in [0.25, 0.3) is 5.91 Å². The van der Waals surface area contributed by atoms with Gasteiger partial charge < -0.3 is 14.6 Å². The third-order valence-electron chi connectivity index (χ3n) is 6.10. The molecule has 1 fully saturated rings. The van der Waals surface area contributed by atoms with E-state index in [1.54, 1.807) is 37.7 Å². The summed E-state index contributed by atoms with van der Waals surface area (Å²) in [6, 6.07) is 12.1. The molecular formula is C26H25FN4O2. The van der Waals surface area contributed by atoms with Crippen molar-refractivity contribution in [3.63, 3.8) is 0 Å². The molecule has 0 atom stereocenters. The summed E-state index contributed by atoms with van der Waals surface area (Å²) in [7, 11) is 1.54. The highest BCUT2D eigenvalue weighted by Gasteiger charge is 2.29. The summed E-state index contributed by atoms with van der Waals surface area (Å²) in [6.45, 7) is 1.20. The summed E-state index contributed by atoms with van der Waals surface area (Å²) >= 11 is 0. The number of amides is 1. The van der Waals surface area contributed by atoms with Crippen LogP contribution in [0.25, 0.3) is 22.0 Å². The predicted molar refractivity (Wildman–Crippen MR) is 125 cm³/mol. The highest BCUT2D eigenvalue weighted by atomic mass is 19.1. The molecule has 1 aliphatic rings. The molecule has 0 radical (unpaired) electrons. The number of nitrogens with one attached hydrogen (secondary N) is 1. The van der Waals surface area contributed by atoms with E-state index in [0.717, 1.165) is 40.4 Å². The van der Waals surface area contributed by atoms with E-state index < -0.39 is 0 Å². The van der Waals surface area contributed by atoms with E-state index in [0.29, 0.717) is 37.0 Å². The zero-order chi connectivity index (χ0) is 22.8. The largest absolute Gasteiger partial charge is 0.481 e. The molecule has 3 heterocycles. The first-order chi connectivity index (χ1) is 16.1. The molecule has 4 aromatic rings. The number of carbonyl (C=O) groups is 1. The second kappa shape index (κ2) is 9.02. The third kappa shape index (κ3) is 4.58. The molecular weight excluding hydrogens is 419 g/mol. The molecule has 0 saturated heterocycles. The van der Waals surface area contributed by atoms with E-state index in [4.69, 9.17) is 4.74 Å². The molecule has 0 aliphatic heterocycles. The molecule has 1 N–H and O–H groups in total. The average Bonchev–Trinajstić information content (AvgIpc) is 3.59. The van der Waals surface area contributed by atoms with E-state index in [1.165, 1.54) is 6.07 Å². The summed E-state index contributed by atoms with van der Waals surface area (Å²) in [6.07, 6.45) is 8.20. The van der Waals surface area contributed by atoms with E-state index in [1.807, 2.05) is 29.3 Å². The Morgan fingerprint density at radius 1 is 1.24 bits per heavy atom. The van der Waals surface area contributed by atoms with Gasteiger partial charge in [0.05, 0.1) is 7.11 Å². The molecule has 0 spiro atoms. The lowest BCUT2D eigenvalue weighted by molar-refractivity contribution is 0.0743. The standard InChI is InChI=1S/C26H25FN4O2/c1-33-24-9-7-21(18-3-2-11-28-14-18)25(30-24)26(32)31(16-17-4-5-17)12-10-19-15-29-23-8-6-20(27)13-22(19)23/h2-3,6-9,11,13-15,17,29H,4-5,10,12,16H2,1H3. The van der Waals surface area contributed by atoms with Gasteiger partial charge in [-0.25, -0.2) is 9.37 Å². The molecule has 5 rings (SSSR count). The molecule has 1 amide bonds. The van der Waals surface area contributed by atoms with Gasteiger partial charge in [0.15, 0.2) is 0 Å². The minimum absolute atomic E-state index is 0.134. The van der Waals surface area contributed by atoms with Crippen LogP contribution in [0.4, 0.5) is 4.39 Å². The van der Waals surface area contributed by atoms with Gasteiger partial charge in [0, 0.05) is 59.8 Å². The zero-order valence-electron chi connectivity index (χ0n) is 18.4. The van der Waals surface area contributed by atoms with Crippen LogP contribution in [0, 0.1) is 11.7 Å². The second-order valence-corrected chi connectivity index (χ2v) is 8.44. The number of ether oxygens (including phenoxy) is 1. The highest BCUT2D eigenvalue weighted by Crippen LogP contribution is 2.32. The van der Waals surface area contributed by atoms with Crippen molar-refractivity contribution in [2.24, 2.45) is 5.92 Å². The molecule has 168 valence electrons. The lowest BCUT2D eigenvalue weighted by atomic mass is 10.0. The van der Waals surface area contributed by atoms with Crippen LogP contribution in [0.5, 0.6) is 5.88 Å². The molecule has 0 unspecified atom stereocenters. The number of carbonyl (C=O) groups excluding carboxylic acids is 1. The Morgan fingerprint density at radius 2 is 2.12 bits per heavy atom. The first-order valence-electron chi connectivity index (χ1n) is 11.1. The molecule has 3 aromatic heterocycles. The Balaban J connectivity index is 1.45. The summed E-state index contributed by atoms with van der Waals surface area (Å²) in [5.41, 5.74) is 3.79. The van der Waals surface area contributed by atoms with Crippen LogP contribution in [0.3, 0.4) is 0 Å². The van der Waals surface area contributed by atoms with Crippen molar-refractivity contribution in [2.75, 3.05) is 20.2 Å². The van der Waals surface area contributed by atoms with E-state index in [-0.39, 0.29) is 11.7 Å². The zero-order valence-corrected chi connectivity index (χ0v) is 18.4. The Labute approximate surface area is 191 Å². The Kier molecular flexibility index (Phi) is 5.77. The molecule has 1 aliphatic carbocycles. The maximum atomic E-state index is 13.8. The maximum Gasteiger partial charge on any atom is 0.273 e. The molecule has 1 saturated carbocycles. The van der Waals surface area contributed by atoms with Crippen LogP contribution in [0.15, 0.2) is 61.1 Å². The van der Waals surface area contributed by atoms with Crippen LogP contribution in [-0.2, 0) is 6.42 Å². The normalized spacial score (nSPS) is 13.3. The van der Waals surface area contributed by atoms with Crippen molar-refractivity contribution in [3.8, 4) is 17.0 Å². The number of aromatic amines is 1. The average molecular weight is 445 g/mol. The molecule has 7 heteroatoms. The number of aromatic nitrogens is 3. The first-order valence-corrected chi connectivity index (χ1v) is 11.1. The highest BCUT2D eigenvalue weighted by molar-refractivity contribution is 5.99. The van der Waals surface area contributed by atoms with Crippen LogP contribution in [0.2, 0.25) is 0 Å². The van der Waals surface area contributed by atoms with Gasteiger partial charge in [-0.15, -0.1) is 0 Å². The number of hydrogen-bond acceptors (Lipinski definition) is 4. The third-order valence-corrected chi connectivity index (χ3v) is 6.10. The fraction of sp³-hybridized carbons (Fsp3) is 0.269. The number of hydrogen-bond donors (Lipinski definition) is 1. The fourth-order valence-corrected chi connectivity index (χ4v) is 4.12. The van der Waals surface area contributed by atoms with Crippen molar-refractivity contribution in [2.45, 2.75) is 19.3 Å².